The van der Waals surface area contributed by atoms with Gasteiger partial charge in [-0.05, 0) is 54.6 Å². The predicted octanol–water partition coefficient (Wildman–Crippen LogP) is 4.18. The first kappa shape index (κ1) is 17.9. The number of thiophene rings is 1. The molecule has 5 heteroatoms. The van der Waals surface area contributed by atoms with E-state index in [1.54, 1.807) is 11.3 Å². The van der Waals surface area contributed by atoms with Crippen molar-refractivity contribution >= 4 is 22.9 Å². The molecule has 0 radical (unpaired) electrons. The van der Waals surface area contributed by atoms with Crippen LogP contribution in [0.2, 0.25) is 0 Å². The van der Waals surface area contributed by atoms with Crippen molar-refractivity contribution in [3.8, 4) is 0 Å². The molecule has 0 aliphatic carbocycles. The summed E-state index contributed by atoms with van der Waals surface area (Å²) >= 11 is 1.73. The Morgan fingerprint density at radius 2 is 1.81 bits per heavy atom. The summed E-state index contributed by atoms with van der Waals surface area (Å²) in [6.07, 6.45) is 2.00. The second kappa shape index (κ2) is 7.61. The number of piperazine rings is 1. The maximum Gasteiger partial charge on any atom is 0.270 e. The number of aromatic nitrogens is 1. The van der Waals surface area contributed by atoms with Crippen LogP contribution in [0.4, 0.5) is 5.69 Å². The van der Waals surface area contributed by atoms with Crippen LogP contribution in [0.3, 0.4) is 0 Å². The Bertz CT molecular complexity index is 921. The van der Waals surface area contributed by atoms with Gasteiger partial charge in [0.15, 0.2) is 0 Å². The van der Waals surface area contributed by atoms with Crippen LogP contribution in [0.5, 0.6) is 0 Å². The Hall–Kier alpha value is -2.53. The van der Waals surface area contributed by atoms with E-state index in [4.69, 9.17) is 0 Å². The number of hydrogen-bond acceptors (Lipinski definition) is 3. The van der Waals surface area contributed by atoms with Crippen LogP contribution in [-0.2, 0) is 6.54 Å². The maximum atomic E-state index is 13.1. The van der Waals surface area contributed by atoms with Crippen LogP contribution in [0.25, 0.3) is 0 Å². The average molecular weight is 380 g/mol. The van der Waals surface area contributed by atoms with E-state index in [1.807, 2.05) is 23.2 Å². The Balaban J connectivity index is 1.44. The Labute approximate surface area is 164 Å². The van der Waals surface area contributed by atoms with Gasteiger partial charge in [0.25, 0.3) is 5.91 Å². The SMILES string of the molecule is Cc1cccc(N2CCN(C(=O)c3cccn3Cc3cccs3)CC2)c1C. The van der Waals surface area contributed by atoms with E-state index in [0.29, 0.717) is 0 Å². The highest BCUT2D eigenvalue weighted by Gasteiger charge is 2.24. The Kier molecular flexibility index (Phi) is 5.03. The van der Waals surface area contributed by atoms with E-state index >= 15 is 0 Å². The molecular weight excluding hydrogens is 354 g/mol. The van der Waals surface area contributed by atoms with Gasteiger partial charge in [0.1, 0.15) is 5.69 Å². The van der Waals surface area contributed by atoms with Crippen molar-refractivity contribution in [2.45, 2.75) is 20.4 Å². The summed E-state index contributed by atoms with van der Waals surface area (Å²) in [5.41, 5.74) is 4.73. The molecule has 1 aliphatic heterocycles. The Morgan fingerprint density at radius 3 is 2.56 bits per heavy atom. The molecule has 0 atom stereocenters. The molecule has 0 N–H and O–H groups in total. The minimum atomic E-state index is 0.136. The van der Waals surface area contributed by atoms with Gasteiger partial charge < -0.3 is 14.4 Å². The first-order valence-electron chi connectivity index (χ1n) is 9.41. The summed E-state index contributed by atoms with van der Waals surface area (Å²) in [6, 6.07) is 14.5. The molecule has 0 bridgehead atoms. The second-order valence-electron chi connectivity index (χ2n) is 7.10. The number of nitrogens with zero attached hydrogens (tertiary/aromatic N) is 3. The van der Waals surface area contributed by atoms with E-state index < -0.39 is 0 Å². The summed E-state index contributed by atoms with van der Waals surface area (Å²) in [4.78, 5) is 18.7. The van der Waals surface area contributed by atoms with Gasteiger partial charge in [0, 0.05) is 42.9 Å². The van der Waals surface area contributed by atoms with E-state index in [-0.39, 0.29) is 5.91 Å². The molecule has 0 spiro atoms. The van der Waals surface area contributed by atoms with E-state index in [1.165, 1.54) is 21.7 Å². The topological polar surface area (TPSA) is 28.5 Å². The zero-order chi connectivity index (χ0) is 18.8. The third-order valence-electron chi connectivity index (χ3n) is 5.44. The number of anilines is 1. The number of aryl methyl sites for hydroxylation is 1. The van der Waals surface area contributed by atoms with Crippen LogP contribution in [0.1, 0.15) is 26.5 Å². The quantitative estimate of drug-likeness (QED) is 0.680. The molecule has 0 saturated carbocycles. The van der Waals surface area contributed by atoms with Gasteiger partial charge in [-0.1, -0.05) is 18.2 Å². The molecule has 0 unspecified atom stereocenters. The van der Waals surface area contributed by atoms with Crippen LogP contribution in [0, 0.1) is 13.8 Å². The second-order valence-corrected chi connectivity index (χ2v) is 8.13. The van der Waals surface area contributed by atoms with Gasteiger partial charge in [-0.2, -0.15) is 0 Å². The van der Waals surface area contributed by atoms with E-state index in [0.717, 1.165) is 38.4 Å². The van der Waals surface area contributed by atoms with Crippen molar-refractivity contribution < 1.29 is 4.79 Å². The van der Waals surface area contributed by atoms with Crippen molar-refractivity contribution in [1.29, 1.82) is 0 Å². The molecule has 1 aromatic carbocycles. The molecule has 2 aromatic heterocycles. The molecule has 4 rings (SSSR count). The predicted molar refractivity (Wildman–Crippen MR) is 112 cm³/mol. The number of carbonyl (C=O) groups excluding carboxylic acids is 1. The Morgan fingerprint density at radius 1 is 1.00 bits per heavy atom. The first-order chi connectivity index (χ1) is 13.1. The van der Waals surface area contributed by atoms with Crippen molar-refractivity contribution in [2.24, 2.45) is 0 Å². The molecule has 140 valence electrons. The third-order valence-corrected chi connectivity index (χ3v) is 6.30. The highest BCUT2D eigenvalue weighted by Crippen LogP contribution is 2.24. The average Bonchev–Trinajstić information content (AvgIpc) is 3.36. The van der Waals surface area contributed by atoms with Crippen LogP contribution in [-0.4, -0.2) is 41.6 Å². The fourth-order valence-corrected chi connectivity index (χ4v) is 4.41. The minimum Gasteiger partial charge on any atom is -0.368 e. The summed E-state index contributed by atoms with van der Waals surface area (Å²) in [6.45, 7) is 8.37. The number of carbonyl (C=O) groups is 1. The number of rotatable bonds is 4. The molecule has 3 aromatic rings. The highest BCUT2D eigenvalue weighted by molar-refractivity contribution is 7.09. The van der Waals surface area contributed by atoms with E-state index in [9.17, 15) is 4.79 Å². The highest BCUT2D eigenvalue weighted by atomic mass is 32.1. The van der Waals surface area contributed by atoms with Crippen molar-refractivity contribution in [3.05, 3.63) is 75.7 Å². The van der Waals surface area contributed by atoms with Gasteiger partial charge in [-0.25, -0.2) is 0 Å². The molecule has 4 nitrogen and oxygen atoms in total. The van der Waals surface area contributed by atoms with E-state index in [2.05, 4.69) is 59.0 Å². The lowest BCUT2D eigenvalue weighted by atomic mass is 10.1. The lowest BCUT2D eigenvalue weighted by molar-refractivity contribution is 0.0736. The molecule has 1 aliphatic rings. The fraction of sp³-hybridized carbons (Fsp3) is 0.318. The zero-order valence-corrected chi connectivity index (χ0v) is 16.7. The van der Waals surface area contributed by atoms with Gasteiger partial charge in [-0.3, -0.25) is 4.79 Å². The summed E-state index contributed by atoms with van der Waals surface area (Å²) in [5, 5.41) is 2.08. The molecular formula is C22H25N3OS. The molecule has 1 saturated heterocycles. The summed E-state index contributed by atoms with van der Waals surface area (Å²) < 4.78 is 2.06. The number of amides is 1. The lowest BCUT2D eigenvalue weighted by Gasteiger charge is -2.37. The van der Waals surface area contributed by atoms with Gasteiger partial charge >= 0.3 is 0 Å². The lowest BCUT2D eigenvalue weighted by Crippen LogP contribution is -2.49. The van der Waals surface area contributed by atoms with Crippen molar-refractivity contribution in [2.75, 3.05) is 31.1 Å². The standard InChI is InChI=1S/C22H25N3OS/c1-17-6-3-8-20(18(17)2)23-11-13-24(14-12-23)22(26)21-9-4-10-25(21)16-19-7-5-15-27-19/h3-10,15H,11-14,16H2,1-2H3. The summed E-state index contributed by atoms with van der Waals surface area (Å²) in [5.74, 6) is 0.136. The number of hydrogen-bond donors (Lipinski definition) is 0. The van der Waals surface area contributed by atoms with Crippen LogP contribution in [0.15, 0.2) is 54.0 Å². The summed E-state index contributed by atoms with van der Waals surface area (Å²) in [7, 11) is 0. The van der Waals surface area contributed by atoms with Gasteiger partial charge in [0.2, 0.25) is 0 Å². The third kappa shape index (κ3) is 3.65. The maximum absolute atomic E-state index is 13.1. The molecule has 27 heavy (non-hydrogen) atoms. The number of benzene rings is 1. The molecule has 1 fully saturated rings. The largest absolute Gasteiger partial charge is 0.368 e. The monoisotopic (exact) mass is 379 g/mol. The molecule has 1 amide bonds. The zero-order valence-electron chi connectivity index (χ0n) is 15.9. The minimum absolute atomic E-state index is 0.136. The van der Waals surface area contributed by atoms with Gasteiger partial charge in [0.05, 0.1) is 6.54 Å². The normalized spacial score (nSPS) is 14.6. The van der Waals surface area contributed by atoms with Crippen molar-refractivity contribution in [3.63, 3.8) is 0 Å². The van der Waals surface area contributed by atoms with Crippen LogP contribution >= 0.6 is 11.3 Å². The van der Waals surface area contributed by atoms with Crippen molar-refractivity contribution in [1.82, 2.24) is 9.47 Å². The molecule has 3 heterocycles. The smallest absolute Gasteiger partial charge is 0.270 e. The van der Waals surface area contributed by atoms with Gasteiger partial charge in [-0.15, -0.1) is 11.3 Å². The first-order valence-corrected chi connectivity index (χ1v) is 10.3. The fourth-order valence-electron chi connectivity index (χ4n) is 3.71. The van der Waals surface area contributed by atoms with Crippen LogP contribution < -0.4 is 4.90 Å².